The van der Waals surface area contributed by atoms with E-state index in [1.54, 1.807) is 24.2 Å². The van der Waals surface area contributed by atoms with Crippen LogP contribution in [0.2, 0.25) is 0 Å². The van der Waals surface area contributed by atoms with Gasteiger partial charge >= 0.3 is 0 Å². The van der Waals surface area contributed by atoms with Crippen LogP contribution in [-0.2, 0) is 0 Å². The molecule has 5 heteroatoms. The summed E-state index contributed by atoms with van der Waals surface area (Å²) in [6.07, 6.45) is 3.48. The molecule has 0 aliphatic heterocycles. The Morgan fingerprint density at radius 3 is 2.88 bits per heavy atom. The molecular weight excluding hydrogens is 250 g/mol. The van der Waals surface area contributed by atoms with Crippen molar-refractivity contribution in [2.45, 2.75) is 21.9 Å². The molecule has 3 nitrogen and oxygen atoms in total. The van der Waals surface area contributed by atoms with E-state index in [-0.39, 0.29) is 0 Å². The minimum atomic E-state index is 0.737. The second kappa shape index (κ2) is 5.80. The Kier molecular flexibility index (Phi) is 4.13. The van der Waals surface area contributed by atoms with Gasteiger partial charge in [-0.15, -0.1) is 11.8 Å². The van der Waals surface area contributed by atoms with Gasteiger partial charge in [0.1, 0.15) is 6.07 Å². The molecule has 1 aromatic heterocycles. The van der Waals surface area contributed by atoms with Gasteiger partial charge < -0.3 is 4.98 Å². The zero-order valence-electron chi connectivity index (χ0n) is 9.30. The molecule has 2 rings (SSSR count). The zero-order chi connectivity index (χ0) is 12.1. The number of benzene rings is 1. The van der Waals surface area contributed by atoms with Crippen LogP contribution in [0.1, 0.15) is 12.5 Å². The summed E-state index contributed by atoms with van der Waals surface area (Å²) in [5.74, 6) is 0.962. The topological polar surface area (TPSA) is 52.5 Å². The lowest BCUT2D eigenvalue weighted by atomic mass is 10.2. The van der Waals surface area contributed by atoms with E-state index in [1.807, 2.05) is 18.2 Å². The molecule has 0 spiro atoms. The molecule has 1 heterocycles. The maximum atomic E-state index is 9.25. The Labute approximate surface area is 109 Å². The number of aromatic amines is 1. The van der Waals surface area contributed by atoms with Crippen LogP contribution in [0, 0.1) is 11.3 Å². The maximum Gasteiger partial charge on any atom is 0.170 e. The number of imidazole rings is 1. The summed E-state index contributed by atoms with van der Waals surface area (Å²) in [6, 6.07) is 8.19. The minimum absolute atomic E-state index is 0.737. The van der Waals surface area contributed by atoms with Crippen LogP contribution in [0.5, 0.6) is 0 Å². The number of nitriles is 1. The zero-order valence-corrected chi connectivity index (χ0v) is 10.9. The minimum Gasteiger partial charge on any atom is -0.339 e. The molecule has 0 aliphatic carbocycles. The van der Waals surface area contributed by atoms with Crippen LogP contribution in [0.15, 0.2) is 45.5 Å². The van der Waals surface area contributed by atoms with E-state index in [0.717, 1.165) is 26.3 Å². The number of H-pyrrole nitrogens is 1. The maximum absolute atomic E-state index is 9.25. The molecule has 0 atom stereocenters. The molecule has 1 aromatic carbocycles. The van der Waals surface area contributed by atoms with Gasteiger partial charge in [0.05, 0.1) is 5.56 Å². The van der Waals surface area contributed by atoms with E-state index in [2.05, 4.69) is 23.0 Å². The van der Waals surface area contributed by atoms with Crippen molar-refractivity contribution in [2.24, 2.45) is 0 Å². The summed E-state index contributed by atoms with van der Waals surface area (Å²) in [4.78, 5) is 9.16. The van der Waals surface area contributed by atoms with Crippen LogP contribution >= 0.6 is 23.5 Å². The Bertz CT molecular complexity index is 529. The molecule has 0 saturated carbocycles. The van der Waals surface area contributed by atoms with Crippen molar-refractivity contribution in [3.63, 3.8) is 0 Å². The molecule has 1 N–H and O–H groups in total. The normalized spacial score (nSPS) is 10.1. The molecule has 0 radical (unpaired) electrons. The molecule has 2 aromatic rings. The van der Waals surface area contributed by atoms with Crippen molar-refractivity contribution in [3.05, 3.63) is 36.2 Å². The van der Waals surface area contributed by atoms with Crippen molar-refractivity contribution in [1.82, 2.24) is 9.97 Å². The van der Waals surface area contributed by atoms with E-state index >= 15 is 0 Å². The predicted molar refractivity (Wildman–Crippen MR) is 70.3 cm³/mol. The van der Waals surface area contributed by atoms with Crippen LogP contribution in [0.4, 0.5) is 0 Å². The molecule has 86 valence electrons. The van der Waals surface area contributed by atoms with Gasteiger partial charge in [-0.25, -0.2) is 4.98 Å². The fourth-order valence-electron chi connectivity index (χ4n) is 1.39. The summed E-state index contributed by atoms with van der Waals surface area (Å²) in [7, 11) is 0. The van der Waals surface area contributed by atoms with Gasteiger partial charge in [0.2, 0.25) is 0 Å². The van der Waals surface area contributed by atoms with Gasteiger partial charge in [-0.05, 0) is 17.9 Å². The molecule has 0 bridgehead atoms. The average molecular weight is 261 g/mol. The lowest BCUT2D eigenvalue weighted by molar-refractivity contribution is 1.05. The van der Waals surface area contributed by atoms with Crippen LogP contribution < -0.4 is 0 Å². The Balaban J connectivity index is 2.34. The third-order valence-corrected chi connectivity index (χ3v) is 4.00. The molecule has 0 aliphatic rings. The Hall–Kier alpha value is -1.38. The van der Waals surface area contributed by atoms with Crippen LogP contribution in [0.25, 0.3) is 0 Å². The van der Waals surface area contributed by atoms with E-state index in [1.165, 1.54) is 11.8 Å². The standard InChI is InChI=1S/C12H11N3S2/c1-2-16-10-4-3-5-11(9(10)8-13)17-12-14-6-7-15-12/h3-7H,2H2,1H3,(H,14,15). The monoisotopic (exact) mass is 261 g/mol. The predicted octanol–water partition coefficient (Wildman–Crippen LogP) is 3.54. The molecule has 0 saturated heterocycles. The van der Waals surface area contributed by atoms with Gasteiger partial charge in [0.15, 0.2) is 5.16 Å². The highest BCUT2D eigenvalue weighted by molar-refractivity contribution is 8.00. The van der Waals surface area contributed by atoms with E-state index in [4.69, 9.17) is 0 Å². The van der Waals surface area contributed by atoms with Gasteiger partial charge in [-0.2, -0.15) is 5.26 Å². The quantitative estimate of drug-likeness (QED) is 0.855. The van der Waals surface area contributed by atoms with Gasteiger partial charge in [0.25, 0.3) is 0 Å². The third-order valence-electron chi connectivity index (χ3n) is 2.08. The van der Waals surface area contributed by atoms with Crippen molar-refractivity contribution in [1.29, 1.82) is 5.26 Å². The highest BCUT2D eigenvalue weighted by Crippen LogP contribution is 2.33. The molecular formula is C12H11N3S2. The molecule has 0 amide bonds. The number of nitrogens with one attached hydrogen (secondary N) is 1. The fourth-order valence-corrected chi connectivity index (χ4v) is 3.10. The number of nitrogens with zero attached hydrogens (tertiary/aromatic N) is 2. The summed E-state index contributed by atoms with van der Waals surface area (Å²) in [6.45, 7) is 2.08. The Morgan fingerprint density at radius 1 is 1.41 bits per heavy atom. The highest BCUT2D eigenvalue weighted by atomic mass is 32.2. The Morgan fingerprint density at radius 2 is 2.24 bits per heavy atom. The number of hydrogen-bond acceptors (Lipinski definition) is 4. The van der Waals surface area contributed by atoms with Gasteiger partial charge in [0, 0.05) is 22.2 Å². The largest absolute Gasteiger partial charge is 0.339 e. The number of hydrogen-bond donors (Lipinski definition) is 1. The second-order valence-electron chi connectivity index (χ2n) is 3.17. The van der Waals surface area contributed by atoms with E-state index in [0.29, 0.717) is 0 Å². The van der Waals surface area contributed by atoms with Crippen LogP contribution in [0.3, 0.4) is 0 Å². The first-order valence-corrected chi connectivity index (χ1v) is 6.98. The lowest BCUT2D eigenvalue weighted by Gasteiger charge is -2.06. The number of aromatic nitrogens is 2. The van der Waals surface area contributed by atoms with E-state index < -0.39 is 0 Å². The van der Waals surface area contributed by atoms with Gasteiger partial charge in [-0.3, -0.25) is 0 Å². The first-order chi connectivity index (χ1) is 8.35. The molecule has 0 unspecified atom stereocenters. The summed E-state index contributed by atoms with van der Waals surface area (Å²) < 4.78 is 0. The molecule has 17 heavy (non-hydrogen) atoms. The summed E-state index contributed by atoms with van der Waals surface area (Å²) in [5, 5.41) is 10.1. The molecule has 0 fully saturated rings. The van der Waals surface area contributed by atoms with Crippen molar-refractivity contribution >= 4 is 23.5 Å². The lowest BCUT2D eigenvalue weighted by Crippen LogP contribution is -1.87. The SMILES string of the molecule is CCSc1cccc(Sc2ncc[nH]2)c1C#N. The number of thioether (sulfide) groups is 1. The van der Waals surface area contributed by atoms with Crippen LogP contribution in [-0.4, -0.2) is 15.7 Å². The third kappa shape index (κ3) is 2.84. The summed E-state index contributed by atoms with van der Waals surface area (Å²) in [5.41, 5.74) is 0.737. The van der Waals surface area contributed by atoms with Crippen molar-refractivity contribution < 1.29 is 0 Å². The van der Waals surface area contributed by atoms with Crippen molar-refractivity contribution in [2.75, 3.05) is 5.75 Å². The summed E-state index contributed by atoms with van der Waals surface area (Å²) >= 11 is 3.17. The smallest absolute Gasteiger partial charge is 0.170 e. The average Bonchev–Trinajstić information content (AvgIpc) is 2.83. The number of rotatable bonds is 4. The van der Waals surface area contributed by atoms with Gasteiger partial charge in [-0.1, -0.05) is 24.8 Å². The van der Waals surface area contributed by atoms with E-state index in [9.17, 15) is 5.26 Å². The highest BCUT2D eigenvalue weighted by Gasteiger charge is 2.10. The fraction of sp³-hybridized carbons (Fsp3) is 0.167. The second-order valence-corrected chi connectivity index (χ2v) is 5.51. The van der Waals surface area contributed by atoms with Crippen molar-refractivity contribution in [3.8, 4) is 6.07 Å². The first-order valence-electron chi connectivity index (χ1n) is 5.18. The first kappa shape index (κ1) is 12.1.